The van der Waals surface area contributed by atoms with Crippen molar-refractivity contribution in [2.24, 2.45) is 5.73 Å². The first kappa shape index (κ1) is 20.2. The highest BCUT2D eigenvalue weighted by Gasteiger charge is 2.28. The summed E-state index contributed by atoms with van der Waals surface area (Å²) in [5, 5.41) is 13.9. The smallest absolute Gasteiger partial charge is 0.324 e. The molecule has 1 aliphatic rings. The molecule has 0 saturated heterocycles. The van der Waals surface area contributed by atoms with Crippen LogP contribution in [0.25, 0.3) is 0 Å². The topological polar surface area (TPSA) is 119 Å². The lowest BCUT2D eigenvalue weighted by molar-refractivity contribution is -0.380. The number of primary amides is 1. The maximum atomic E-state index is 12.6. The van der Waals surface area contributed by atoms with Crippen molar-refractivity contribution in [2.75, 3.05) is 11.9 Å². The summed E-state index contributed by atoms with van der Waals surface area (Å²) in [5.74, 6) is -1.08. The van der Waals surface area contributed by atoms with Gasteiger partial charge in [0.2, 0.25) is 0 Å². The van der Waals surface area contributed by atoms with Crippen LogP contribution >= 0.6 is 22.7 Å². The number of anilines is 1. The van der Waals surface area contributed by atoms with Gasteiger partial charge in [0.1, 0.15) is 5.00 Å². The first-order chi connectivity index (χ1) is 14.4. The molecule has 0 aliphatic carbocycles. The summed E-state index contributed by atoms with van der Waals surface area (Å²) >= 11 is 2.13. The van der Waals surface area contributed by atoms with Crippen LogP contribution in [-0.2, 0) is 19.5 Å². The van der Waals surface area contributed by atoms with E-state index >= 15 is 0 Å². The van der Waals surface area contributed by atoms with Gasteiger partial charge >= 0.3 is 5.00 Å². The molecule has 0 radical (unpaired) electrons. The van der Waals surface area contributed by atoms with Crippen LogP contribution in [0, 0.1) is 10.1 Å². The van der Waals surface area contributed by atoms with Crippen LogP contribution < -0.4 is 11.1 Å². The molecule has 0 saturated carbocycles. The van der Waals surface area contributed by atoms with Crippen molar-refractivity contribution in [3.8, 4) is 0 Å². The highest BCUT2D eigenvalue weighted by Crippen LogP contribution is 2.38. The summed E-state index contributed by atoms with van der Waals surface area (Å²) in [5.41, 5.74) is 8.04. The summed E-state index contributed by atoms with van der Waals surface area (Å²) in [7, 11) is 0. The van der Waals surface area contributed by atoms with E-state index in [-0.39, 0.29) is 9.88 Å². The van der Waals surface area contributed by atoms with Crippen LogP contribution in [0.3, 0.4) is 0 Å². The van der Waals surface area contributed by atoms with Crippen molar-refractivity contribution in [1.29, 1.82) is 0 Å². The van der Waals surface area contributed by atoms with Gasteiger partial charge in [-0.15, -0.1) is 11.3 Å². The molecule has 154 valence electrons. The van der Waals surface area contributed by atoms with Crippen molar-refractivity contribution < 1.29 is 14.5 Å². The van der Waals surface area contributed by atoms with Crippen molar-refractivity contribution in [3.63, 3.8) is 0 Å². The van der Waals surface area contributed by atoms with Crippen molar-refractivity contribution in [2.45, 2.75) is 19.5 Å². The van der Waals surface area contributed by atoms with Crippen molar-refractivity contribution >= 4 is 44.5 Å². The second kappa shape index (κ2) is 8.34. The lowest BCUT2D eigenvalue weighted by atomic mass is 10.0. The van der Waals surface area contributed by atoms with Crippen LogP contribution in [0.1, 0.15) is 36.0 Å². The number of nitrogens with two attached hydrogens (primary N) is 1. The Bertz CT molecular complexity index is 1120. The van der Waals surface area contributed by atoms with Gasteiger partial charge in [0, 0.05) is 30.6 Å². The molecule has 3 N–H and O–H groups in total. The van der Waals surface area contributed by atoms with Gasteiger partial charge in [-0.1, -0.05) is 41.7 Å². The number of hydrogen-bond donors (Lipinski definition) is 2. The molecule has 1 aromatic carbocycles. The standard InChI is InChI=1S/C20H18N4O4S2/c21-18(25)17-13-8-9-23(10-12-4-2-1-3-5-12)11-15(13)30-20(17)22-19(26)14-6-7-16(29-14)24(27)28/h1-7H,8-11H2,(H2,21,25)(H,22,26). The van der Waals surface area contributed by atoms with E-state index in [0.29, 0.717) is 23.5 Å². The van der Waals surface area contributed by atoms with Crippen LogP contribution in [0.5, 0.6) is 0 Å². The van der Waals surface area contributed by atoms with E-state index in [2.05, 4.69) is 22.3 Å². The number of rotatable bonds is 6. The van der Waals surface area contributed by atoms with E-state index in [1.54, 1.807) is 0 Å². The summed E-state index contributed by atoms with van der Waals surface area (Å²) in [6.45, 7) is 2.24. The second-order valence-electron chi connectivity index (χ2n) is 6.87. The fraction of sp³-hybridized carbons (Fsp3) is 0.200. The van der Waals surface area contributed by atoms with Gasteiger partial charge in [-0.2, -0.15) is 0 Å². The van der Waals surface area contributed by atoms with Crippen molar-refractivity contribution in [1.82, 2.24) is 4.90 Å². The Balaban J connectivity index is 1.55. The second-order valence-corrected chi connectivity index (χ2v) is 9.03. The normalized spacial score (nSPS) is 13.6. The van der Waals surface area contributed by atoms with Crippen LogP contribution in [0.2, 0.25) is 0 Å². The van der Waals surface area contributed by atoms with E-state index in [0.717, 1.165) is 34.9 Å². The number of carbonyl (C=O) groups excluding carboxylic acids is 2. The van der Waals surface area contributed by atoms with Crippen LogP contribution in [0.15, 0.2) is 42.5 Å². The summed E-state index contributed by atoms with van der Waals surface area (Å²) < 4.78 is 0. The number of thiophene rings is 2. The lowest BCUT2D eigenvalue weighted by Gasteiger charge is -2.27. The number of amides is 2. The number of fused-ring (bicyclic) bond motifs is 1. The van der Waals surface area contributed by atoms with E-state index in [4.69, 9.17) is 5.73 Å². The maximum absolute atomic E-state index is 12.6. The zero-order valence-corrected chi connectivity index (χ0v) is 17.4. The molecule has 2 aromatic heterocycles. The number of benzene rings is 1. The van der Waals surface area contributed by atoms with E-state index in [1.807, 2.05) is 18.2 Å². The molecular formula is C20H18N4O4S2. The van der Waals surface area contributed by atoms with Gasteiger partial charge in [0.05, 0.1) is 15.4 Å². The van der Waals surface area contributed by atoms with Crippen molar-refractivity contribution in [3.05, 3.63) is 79.0 Å². The molecule has 8 nitrogen and oxygen atoms in total. The zero-order chi connectivity index (χ0) is 21.3. The minimum absolute atomic E-state index is 0.114. The lowest BCUT2D eigenvalue weighted by Crippen LogP contribution is -2.30. The first-order valence-electron chi connectivity index (χ1n) is 9.18. The van der Waals surface area contributed by atoms with E-state index in [1.165, 1.54) is 29.0 Å². The number of carbonyl (C=O) groups is 2. The first-order valence-corrected chi connectivity index (χ1v) is 10.8. The van der Waals surface area contributed by atoms with E-state index < -0.39 is 16.7 Å². The average Bonchev–Trinajstić information content (AvgIpc) is 3.33. The quantitative estimate of drug-likeness (QED) is 0.446. The number of nitro groups is 1. The summed E-state index contributed by atoms with van der Waals surface area (Å²) in [4.78, 5) is 38.5. The molecule has 1 aliphatic heterocycles. The molecule has 0 atom stereocenters. The summed E-state index contributed by atoms with van der Waals surface area (Å²) in [6, 6.07) is 12.8. The molecule has 0 bridgehead atoms. The monoisotopic (exact) mass is 442 g/mol. The number of nitrogens with one attached hydrogen (secondary N) is 1. The Labute approximate surface area is 180 Å². The van der Waals surface area contributed by atoms with E-state index in [9.17, 15) is 19.7 Å². The highest BCUT2D eigenvalue weighted by molar-refractivity contribution is 7.18. The molecule has 3 heterocycles. The van der Waals surface area contributed by atoms with Gasteiger partial charge in [0.15, 0.2) is 0 Å². The third-order valence-corrected chi connectivity index (χ3v) is 7.02. The molecular weight excluding hydrogens is 424 g/mol. The molecule has 0 fully saturated rings. The largest absolute Gasteiger partial charge is 0.365 e. The minimum Gasteiger partial charge on any atom is -0.365 e. The van der Waals surface area contributed by atoms with Gasteiger partial charge in [-0.05, 0) is 23.6 Å². The predicted octanol–water partition coefficient (Wildman–Crippen LogP) is 3.63. The molecule has 4 rings (SSSR count). The minimum atomic E-state index is -0.587. The molecule has 3 aromatic rings. The van der Waals surface area contributed by atoms with Crippen LogP contribution in [0.4, 0.5) is 10.0 Å². The van der Waals surface area contributed by atoms with Gasteiger partial charge in [-0.3, -0.25) is 24.6 Å². The molecule has 30 heavy (non-hydrogen) atoms. The van der Waals surface area contributed by atoms with Crippen LogP contribution in [-0.4, -0.2) is 28.2 Å². The number of hydrogen-bond acceptors (Lipinski definition) is 7. The predicted molar refractivity (Wildman–Crippen MR) is 116 cm³/mol. The fourth-order valence-corrected chi connectivity index (χ4v) is 5.50. The highest BCUT2D eigenvalue weighted by atomic mass is 32.1. The Morgan fingerprint density at radius 1 is 1.17 bits per heavy atom. The zero-order valence-electron chi connectivity index (χ0n) is 15.8. The maximum Gasteiger partial charge on any atom is 0.324 e. The summed E-state index contributed by atoms with van der Waals surface area (Å²) in [6.07, 6.45) is 0.664. The molecule has 0 spiro atoms. The average molecular weight is 443 g/mol. The SMILES string of the molecule is NC(=O)c1c(NC(=O)c2ccc([N+](=O)[O-])s2)sc2c1CCN(Cc1ccccc1)C2. The third kappa shape index (κ3) is 4.11. The van der Waals surface area contributed by atoms with Gasteiger partial charge < -0.3 is 11.1 Å². The fourth-order valence-electron chi connectivity index (χ4n) is 3.49. The van der Waals surface area contributed by atoms with Gasteiger partial charge in [-0.25, -0.2) is 0 Å². The number of nitrogens with zero attached hydrogens (tertiary/aromatic N) is 2. The third-order valence-electron chi connectivity index (χ3n) is 4.85. The Morgan fingerprint density at radius 2 is 1.93 bits per heavy atom. The molecule has 2 amide bonds. The Hall–Kier alpha value is -3.08. The molecule has 0 unspecified atom stereocenters. The molecule has 10 heteroatoms. The van der Waals surface area contributed by atoms with Gasteiger partial charge in [0.25, 0.3) is 11.8 Å². The Morgan fingerprint density at radius 3 is 2.60 bits per heavy atom. The Kier molecular flexibility index (Phi) is 5.62.